The number of rotatable bonds is 8. The van der Waals surface area contributed by atoms with Crippen molar-refractivity contribution in [2.75, 3.05) is 13.6 Å². The summed E-state index contributed by atoms with van der Waals surface area (Å²) in [4.78, 5) is 13.9. The molecule has 7 heteroatoms. The van der Waals surface area contributed by atoms with Gasteiger partial charge in [-0.05, 0) is 36.4 Å². The SMILES string of the molecule is CN(CC(=O)NCc1ccc(OC(F)F)cc1)Cc1ccccc1Cl. The van der Waals surface area contributed by atoms with Gasteiger partial charge in [0.1, 0.15) is 5.75 Å². The minimum atomic E-state index is -2.85. The van der Waals surface area contributed by atoms with Crippen LogP contribution in [-0.4, -0.2) is 31.0 Å². The Kier molecular flexibility index (Phi) is 7.16. The molecule has 1 N–H and O–H groups in total. The number of hydrogen-bond acceptors (Lipinski definition) is 3. The summed E-state index contributed by atoms with van der Waals surface area (Å²) >= 11 is 6.11. The zero-order valence-electron chi connectivity index (χ0n) is 13.7. The van der Waals surface area contributed by atoms with E-state index in [1.54, 1.807) is 12.1 Å². The van der Waals surface area contributed by atoms with Crippen molar-refractivity contribution in [3.63, 3.8) is 0 Å². The molecule has 0 aromatic heterocycles. The van der Waals surface area contributed by atoms with Gasteiger partial charge >= 0.3 is 6.61 Å². The zero-order valence-corrected chi connectivity index (χ0v) is 14.5. The predicted molar refractivity (Wildman–Crippen MR) is 92.7 cm³/mol. The topological polar surface area (TPSA) is 41.6 Å². The third-order valence-electron chi connectivity index (χ3n) is 3.45. The summed E-state index contributed by atoms with van der Waals surface area (Å²) < 4.78 is 28.4. The van der Waals surface area contributed by atoms with Gasteiger partial charge in [-0.1, -0.05) is 41.9 Å². The molecular formula is C18H19ClF2N2O2. The Hall–Kier alpha value is -2.18. The molecular weight excluding hydrogens is 350 g/mol. The van der Waals surface area contributed by atoms with Crippen LogP contribution in [-0.2, 0) is 17.9 Å². The smallest absolute Gasteiger partial charge is 0.387 e. The molecule has 0 fully saturated rings. The van der Waals surface area contributed by atoms with E-state index in [0.717, 1.165) is 11.1 Å². The third-order valence-corrected chi connectivity index (χ3v) is 3.82. The maximum absolute atomic E-state index is 12.1. The van der Waals surface area contributed by atoms with Crippen LogP contribution in [0.2, 0.25) is 5.02 Å². The van der Waals surface area contributed by atoms with E-state index in [9.17, 15) is 13.6 Å². The molecule has 4 nitrogen and oxygen atoms in total. The lowest BCUT2D eigenvalue weighted by Crippen LogP contribution is -2.34. The summed E-state index contributed by atoms with van der Waals surface area (Å²) in [5, 5.41) is 3.46. The van der Waals surface area contributed by atoms with Gasteiger partial charge < -0.3 is 10.1 Å². The first kappa shape index (κ1) is 19.1. The fraction of sp³-hybridized carbons (Fsp3) is 0.278. The van der Waals surface area contributed by atoms with Crippen LogP contribution in [0.3, 0.4) is 0 Å². The number of nitrogens with zero attached hydrogens (tertiary/aromatic N) is 1. The van der Waals surface area contributed by atoms with Gasteiger partial charge in [-0.2, -0.15) is 8.78 Å². The van der Waals surface area contributed by atoms with E-state index in [1.807, 2.05) is 36.2 Å². The van der Waals surface area contributed by atoms with E-state index in [1.165, 1.54) is 12.1 Å². The summed E-state index contributed by atoms with van der Waals surface area (Å²) in [5.74, 6) is -0.0491. The maximum Gasteiger partial charge on any atom is 0.387 e. The molecule has 0 atom stereocenters. The molecule has 0 bridgehead atoms. The lowest BCUT2D eigenvalue weighted by Gasteiger charge is -2.17. The second kappa shape index (κ2) is 9.34. The number of carbonyl (C=O) groups is 1. The minimum absolute atomic E-state index is 0.0875. The second-order valence-electron chi connectivity index (χ2n) is 5.56. The Balaban J connectivity index is 1.77. The largest absolute Gasteiger partial charge is 0.435 e. The van der Waals surface area contributed by atoms with Crippen molar-refractivity contribution in [2.45, 2.75) is 19.7 Å². The molecule has 2 aromatic carbocycles. The number of nitrogens with one attached hydrogen (secondary N) is 1. The maximum atomic E-state index is 12.1. The Morgan fingerprint density at radius 2 is 1.88 bits per heavy atom. The van der Waals surface area contributed by atoms with Gasteiger partial charge in [-0.3, -0.25) is 9.69 Å². The Labute approximate surface area is 150 Å². The summed E-state index contributed by atoms with van der Waals surface area (Å²) in [7, 11) is 1.83. The lowest BCUT2D eigenvalue weighted by molar-refractivity contribution is -0.122. The molecule has 0 unspecified atom stereocenters. The lowest BCUT2D eigenvalue weighted by atomic mass is 10.2. The van der Waals surface area contributed by atoms with Gasteiger partial charge in [0.05, 0.1) is 6.54 Å². The normalized spacial score (nSPS) is 11.0. The molecule has 2 rings (SSSR count). The highest BCUT2D eigenvalue weighted by Gasteiger charge is 2.09. The second-order valence-corrected chi connectivity index (χ2v) is 5.97. The van der Waals surface area contributed by atoms with Gasteiger partial charge in [0.2, 0.25) is 5.91 Å². The first-order chi connectivity index (χ1) is 11.9. The van der Waals surface area contributed by atoms with Gasteiger partial charge in [0, 0.05) is 18.1 Å². The fourth-order valence-electron chi connectivity index (χ4n) is 2.26. The van der Waals surface area contributed by atoms with Crippen LogP contribution in [0.25, 0.3) is 0 Å². The van der Waals surface area contributed by atoms with Gasteiger partial charge in [-0.25, -0.2) is 0 Å². The zero-order chi connectivity index (χ0) is 18.2. The summed E-state index contributed by atoms with van der Waals surface area (Å²) in [6, 6.07) is 13.6. The average molecular weight is 369 g/mol. The molecule has 0 aliphatic heterocycles. The number of hydrogen-bond donors (Lipinski definition) is 1. The van der Waals surface area contributed by atoms with Crippen LogP contribution >= 0.6 is 11.6 Å². The quantitative estimate of drug-likeness (QED) is 0.772. The van der Waals surface area contributed by atoms with Crippen LogP contribution < -0.4 is 10.1 Å². The molecule has 134 valence electrons. The van der Waals surface area contributed by atoms with E-state index >= 15 is 0 Å². The molecule has 0 aliphatic rings. The van der Waals surface area contributed by atoms with E-state index in [4.69, 9.17) is 11.6 Å². The van der Waals surface area contributed by atoms with Crippen molar-refractivity contribution in [3.8, 4) is 5.75 Å². The van der Waals surface area contributed by atoms with Gasteiger partial charge in [-0.15, -0.1) is 0 Å². The van der Waals surface area contributed by atoms with Crippen LogP contribution in [0.5, 0.6) is 5.75 Å². The van der Waals surface area contributed by atoms with E-state index in [0.29, 0.717) is 18.1 Å². The van der Waals surface area contributed by atoms with E-state index < -0.39 is 6.61 Å². The van der Waals surface area contributed by atoms with Gasteiger partial charge in [0.25, 0.3) is 0 Å². The monoisotopic (exact) mass is 368 g/mol. The molecule has 0 spiro atoms. The Bertz CT molecular complexity index is 696. The molecule has 0 heterocycles. The standard InChI is InChI=1S/C18H19ClF2N2O2/c1-23(11-14-4-2-3-5-16(14)19)12-17(24)22-10-13-6-8-15(9-7-13)25-18(20)21/h2-9,18H,10-12H2,1H3,(H,22,24). The van der Waals surface area contributed by atoms with E-state index in [2.05, 4.69) is 10.1 Å². The number of likely N-dealkylation sites (N-methyl/N-ethyl adjacent to an activating group) is 1. The predicted octanol–water partition coefficient (Wildman–Crippen LogP) is 3.69. The van der Waals surface area contributed by atoms with Crippen LogP contribution in [0, 0.1) is 0 Å². The van der Waals surface area contributed by atoms with Crippen LogP contribution in [0.4, 0.5) is 8.78 Å². The van der Waals surface area contributed by atoms with Crippen LogP contribution in [0.15, 0.2) is 48.5 Å². The van der Waals surface area contributed by atoms with E-state index in [-0.39, 0.29) is 18.2 Å². The van der Waals surface area contributed by atoms with Crippen LogP contribution in [0.1, 0.15) is 11.1 Å². The molecule has 2 aromatic rings. The summed E-state index contributed by atoms with van der Waals surface area (Å²) in [6.45, 7) is -1.75. The highest BCUT2D eigenvalue weighted by Crippen LogP contribution is 2.16. The number of ether oxygens (including phenoxy) is 1. The first-order valence-corrected chi connectivity index (χ1v) is 8.04. The van der Waals surface area contributed by atoms with Crippen molar-refractivity contribution in [3.05, 3.63) is 64.7 Å². The van der Waals surface area contributed by atoms with Crippen molar-refractivity contribution in [1.29, 1.82) is 0 Å². The summed E-state index contributed by atoms with van der Waals surface area (Å²) in [6.07, 6.45) is 0. The Morgan fingerprint density at radius 1 is 1.20 bits per heavy atom. The fourth-order valence-corrected chi connectivity index (χ4v) is 2.46. The molecule has 0 saturated carbocycles. The molecule has 25 heavy (non-hydrogen) atoms. The highest BCUT2D eigenvalue weighted by atomic mass is 35.5. The average Bonchev–Trinajstić information content (AvgIpc) is 2.56. The summed E-state index contributed by atoms with van der Waals surface area (Å²) in [5.41, 5.74) is 1.75. The van der Waals surface area contributed by atoms with Crippen molar-refractivity contribution in [2.24, 2.45) is 0 Å². The van der Waals surface area contributed by atoms with Gasteiger partial charge in [0.15, 0.2) is 0 Å². The number of halogens is 3. The first-order valence-electron chi connectivity index (χ1n) is 7.66. The Morgan fingerprint density at radius 3 is 2.52 bits per heavy atom. The molecule has 0 saturated heterocycles. The number of benzene rings is 2. The van der Waals surface area contributed by atoms with Crippen molar-refractivity contribution in [1.82, 2.24) is 10.2 Å². The molecule has 0 radical (unpaired) electrons. The number of alkyl halides is 2. The molecule has 1 amide bonds. The third kappa shape index (κ3) is 6.68. The van der Waals surface area contributed by atoms with Crippen molar-refractivity contribution < 1.29 is 18.3 Å². The molecule has 0 aliphatic carbocycles. The van der Waals surface area contributed by atoms with Crippen molar-refractivity contribution >= 4 is 17.5 Å². The number of amides is 1. The number of carbonyl (C=O) groups excluding carboxylic acids is 1. The highest BCUT2D eigenvalue weighted by molar-refractivity contribution is 6.31. The minimum Gasteiger partial charge on any atom is -0.435 e.